The number of carbonyl (C=O) groups is 2. The van der Waals surface area contributed by atoms with Gasteiger partial charge in [0, 0.05) is 11.6 Å². The first-order valence-corrected chi connectivity index (χ1v) is 11.0. The molecule has 0 saturated heterocycles. The Morgan fingerprint density at radius 3 is 2.44 bits per heavy atom. The normalized spacial score (nSPS) is 15.8. The van der Waals surface area contributed by atoms with Crippen molar-refractivity contribution in [3.63, 3.8) is 0 Å². The highest BCUT2D eigenvalue weighted by atomic mass is 35.5. The van der Waals surface area contributed by atoms with Crippen molar-refractivity contribution in [3.8, 4) is 5.75 Å². The first-order chi connectivity index (χ1) is 14.9. The number of halogens is 2. The molecule has 3 N–H and O–H groups in total. The zero-order valence-corrected chi connectivity index (χ0v) is 19.7. The molecule has 6 nitrogen and oxygen atoms in total. The minimum Gasteiger partial charge on any atom is -0.492 e. The smallest absolute Gasteiger partial charge is 0.335 e. The molecule has 3 rings (SSSR count). The zero-order chi connectivity index (χ0) is 22.3. The van der Waals surface area contributed by atoms with Crippen LogP contribution in [0.15, 0.2) is 48.5 Å². The molecule has 0 heterocycles. The van der Waals surface area contributed by atoms with Crippen LogP contribution in [-0.2, 0) is 4.79 Å². The lowest BCUT2D eigenvalue weighted by Gasteiger charge is -2.37. The number of hydrogen-bond donors (Lipinski definition) is 3. The van der Waals surface area contributed by atoms with Crippen LogP contribution in [0.25, 0.3) is 0 Å². The number of benzene rings is 2. The average molecular weight is 481 g/mol. The van der Waals surface area contributed by atoms with Crippen LogP contribution in [-0.4, -0.2) is 35.7 Å². The summed E-state index contributed by atoms with van der Waals surface area (Å²) >= 11 is 5.99. The number of aromatic carboxylic acids is 1. The first kappa shape index (κ1) is 26.0. The fourth-order valence-corrected chi connectivity index (χ4v) is 4.17. The molecule has 1 aliphatic rings. The van der Waals surface area contributed by atoms with E-state index in [1.807, 2.05) is 19.1 Å². The van der Waals surface area contributed by atoms with Crippen LogP contribution in [0.4, 0.5) is 0 Å². The number of ether oxygens (including phenoxy) is 1. The average Bonchev–Trinajstić information content (AvgIpc) is 2.77. The maximum absolute atomic E-state index is 13.3. The summed E-state index contributed by atoms with van der Waals surface area (Å²) in [5.74, 6) is -0.284. The molecule has 32 heavy (non-hydrogen) atoms. The molecule has 0 aromatic heterocycles. The second-order valence-electron chi connectivity index (χ2n) is 8.00. The van der Waals surface area contributed by atoms with Crippen molar-refractivity contribution in [2.45, 2.75) is 50.6 Å². The Morgan fingerprint density at radius 2 is 1.81 bits per heavy atom. The Morgan fingerprint density at radius 1 is 1.12 bits per heavy atom. The van der Waals surface area contributed by atoms with Gasteiger partial charge >= 0.3 is 5.97 Å². The molecule has 0 aliphatic heterocycles. The Labute approximate surface area is 200 Å². The molecule has 2 aromatic carbocycles. The van der Waals surface area contributed by atoms with Gasteiger partial charge in [0.2, 0.25) is 5.91 Å². The van der Waals surface area contributed by atoms with Gasteiger partial charge < -0.3 is 15.2 Å². The predicted octanol–water partition coefficient (Wildman–Crippen LogP) is 5.01. The quantitative estimate of drug-likeness (QED) is 0.439. The van der Waals surface area contributed by atoms with Crippen LogP contribution >= 0.6 is 24.0 Å². The molecule has 8 heteroatoms. The summed E-state index contributed by atoms with van der Waals surface area (Å²) in [6.45, 7) is 2.88. The molecule has 1 atom stereocenters. The summed E-state index contributed by atoms with van der Waals surface area (Å²) in [5, 5.41) is 16.2. The molecular weight excluding hydrogens is 451 g/mol. The van der Waals surface area contributed by atoms with E-state index in [1.165, 1.54) is 0 Å². The highest BCUT2D eigenvalue weighted by Gasteiger charge is 2.39. The molecule has 0 radical (unpaired) electrons. The van der Waals surface area contributed by atoms with Crippen LogP contribution in [0.5, 0.6) is 5.75 Å². The van der Waals surface area contributed by atoms with E-state index in [0.29, 0.717) is 23.9 Å². The van der Waals surface area contributed by atoms with E-state index in [0.717, 1.165) is 37.7 Å². The number of nitrogens with one attached hydrogen (secondary N) is 2. The zero-order valence-electron chi connectivity index (χ0n) is 18.1. The van der Waals surface area contributed by atoms with Gasteiger partial charge in [0.25, 0.3) is 0 Å². The van der Waals surface area contributed by atoms with Gasteiger partial charge in [0.05, 0.1) is 17.1 Å². The van der Waals surface area contributed by atoms with Gasteiger partial charge in [-0.15, -0.1) is 12.4 Å². The highest BCUT2D eigenvalue weighted by molar-refractivity contribution is 6.30. The van der Waals surface area contributed by atoms with Crippen molar-refractivity contribution >= 4 is 35.9 Å². The van der Waals surface area contributed by atoms with Crippen LogP contribution in [0, 0.1) is 0 Å². The molecule has 1 aliphatic carbocycles. The Bertz CT molecular complexity index is 899. The predicted molar refractivity (Wildman–Crippen MR) is 128 cm³/mol. The second-order valence-corrected chi connectivity index (χ2v) is 8.43. The van der Waals surface area contributed by atoms with Crippen LogP contribution < -0.4 is 15.4 Å². The Balaban J connectivity index is 0.00000363. The van der Waals surface area contributed by atoms with Crippen LogP contribution in [0.1, 0.15) is 61.0 Å². The molecule has 0 bridgehead atoms. The third kappa shape index (κ3) is 6.86. The van der Waals surface area contributed by atoms with Crippen LogP contribution in [0.2, 0.25) is 5.02 Å². The molecule has 1 saturated carbocycles. The number of carboxylic acid groups (broad SMARTS) is 1. The molecule has 1 amide bonds. The molecule has 174 valence electrons. The minimum absolute atomic E-state index is 0. The van der Waals surface area contributed by atoms with E-state index in [1.54, 1.807) is 36.4 Å². The van der Waals surface area contributed by atoms with Crippen molar-refractivity contribution in [1.82, 2.24) is 10.6 Å². The fourth-order valence-electron chi connectivity index (χ4n) is 3.99. The van der Waals surface area contributed by atoms with E-state index in [4.69, 9.17) is 21.4 Å². The van der Waals surface area contributed by atoms with E-state index in [-0.39, 0.29) is 29.9 Å². The van der Waals surface area contributed by atoms with Crippen LogP contribution in [0.3, 0.4) is 0 Å². The molecule has 0 spiro atoms. The standard InChI is InChI=1S/C24H29ClN2O4.ClH/c1-17(18-8-10-19(11-9-18)22(28)29)27-23(30)24(12-3-2-4-13-24)26-14-15-31-21-7-5-6-20(25)16-21;/h5-11,16-17,26H,2-4,12-15H2,1H3,(H,27,30)(H,28,29);1H/t17-;/m0./s1. The molecular formula is C24H30Cl2N2O4. The first-order valence-electron chi connectivity index (χ1n) is 10.7. The van der Waals surface area contributed by atoms with Gasteiger partial charge in [-0.2, -0.15) is 0 Å². The maximum atomic E-state index is 13.3. The summed E-state index contributed by atoms with van der Waals surface area (Å²) < 4.78 is 5.76. The van der Waals surface area contributed by atoms with Gasteiger partial charge in [-0.25, -0.2) is 4.79 Å². The number of amides is 1. The SMILES string of the molecule is C[C@H](NC(=O)C1(NCCOc2cccc(Cl)c2)CCCCC1)c1ccc(C(=O)O)cc1.Cl. The minimum atomic E-state index is -0.964. The molecule has 2 aromatic rings. The van der Waals surface area contributed by atoms with E-state index in [9.17, 15) is 9.59 Å². The van der Waals surface area contributed by atoms with Gasteiger partial charge in [0.15, 0.2) is 0 Å². The molecule has 0 unspecified atom stereocenters. The van der Waals surface area contributed by atoms with Crippen molar-refractivity contribution in [1.29, 1.82) is 0 Å². The van der Waals surface area contributed by atoms with Crippen molar-refractivity contribution in [2.75, 3.05) is 13.2 Å². The summed E-state index contributed by atoms with van der Waals surface area (Å²) in [6.07, 6.45) is 4.68. The van der Waals surface area contributed by atoms with Gasteiger partial charge in [-0.1, -0.05) is 49.1 Å². The van der Waals surface area contributed by atoms with Gasteiger partial charge in [-0.3, -0.25) is 10.1 Å². The van der Waals surface area contributed by atoms with E-state index >= 15 is 0 Å². The van der Waals surface area contributed by atoms with E-state index < -0.39 is 11.5 Å². The van der Waals surface area contributed by atoms with E-state index in [2.05, 4.69) is 10.6 Å². The topological polar surface area (TPSA) is 87.7 Å². The number of carbonyl (C=O) groups excluding carboxylic acids is 1. The number of rotatable bonds is 9. The van der Waals surface area contributed by atoms with Gasteiger partial charge in [-0.05, 0) is 55.7 Å². The van der Waals surface area contributed by atoms with Crippen molar-refractivity contribution in [3.05, 3.63) is 64.7 Å². The summed E-state index contributed by atoms with van der Waals surface area (Å²) in [7, 11) is 0. The lowest BCUT2D eigenvalue weighted by Crippen LogP contribution is -2.59. The lowest BCUT2D eigenvalue weighted by molar-refractivity contribution is -0.129. The lowest BCUT2D eigenvalue weighted by atomic mass is 9.80. The van der Waals surface area contributed by atoms with Gasteiger partial charge in [0.1, 0.15) is 12.4 Å². The third-order valence-electron chi connectivity index (χ3n) is 5.78. The second kappa shape index (κ2) is 12.1. The van der Waals surface area contributed by atoms with Crippen molar-refractivity contribution < 1.29 is 19.4 Å². The largest absolute Gasteiger partial charge is 0.492 e. The maximum Gasteiger partial charge on any atom is 0.335 e. The summed E-state index contributed by atoms with van der Waals surface area (Å²) in [4.78, 5) is 24.3. The highest BCUT2D eigenvalue weighted by Crippen LogP contribution is 2.29. The Hall–Kier alpha value is -2.28. The molecule has 1 fully saturated rings. The summed E-state index contributed by atoms with van der Waals surface area (Å²) in [6, 6.07) is 13.6. The van der Waals surface area contributed by atoms with Crippen molar-refractivity contribution in [2.24, 2.45) is 0 Å². The fraction of sp³-hybridized carbons (Fsp3) is 0.417. The third-order valence-corrected chi connectivity index (χ3v) is 6.01. The Kier molecular flexibility index (Phi) is 9.82. The number of hydrogen-bond acceptors (Lipinski definition) is 4. The monoisotopic (exact) mass is 480 g/mol. The number of carboxylic acids is 1. The summed E-state index contributed by atoms with van der Waals surface area (Å²) in [5.41, 5.74) is 0.478.